The van der Waals surface area contributed by atoms with Crippen molar-refractivity contribution in [1.29, 1.82) is 0 Å². The Kier molecular flexibility index (Phi) is 5.37. The highest BCUT2D eigenvalue weighted by Gasteiger charge is 2.15. The summed E-state index contributed by atoms with van der Waals surface area (Å²) in [6.45, 7) is 1.69. The van der Waals surface area contributed by atoms with Gasteiger partial charge in [-0.05, 0) is 12.5 Å². The van der Waals surface area contributed by atoms with Gasteiger partial charge in [-0.15, -0.1) is 10.2 Å². The van der Waals surface area contributed by atoms with Crippen molar-refractivity contribution in [3.05, 3.63) is 39.4 Å². The van der Waals surface area contributed by atoms with Crippen molar-refractivity contribution in [2.75, 3.05) is 11.9 Å². The third kappa shape index (κ3) is 4.22. The lowest BCUT2D eigenvalue weighted by atomic mass is 10.3. The molecule has 2 rings (SSSR count). The first-order valence-electron chi connectivity index (χ1n) is 6.58. The summed E-state index contributed by atoms with van der Waals surface area (Å²) in [6.07, 6.45) is 1.75. The van der Waals surface area contributed by atoms with E-state index in [-0.39, 0.29) is 18.0 Å². The number of nitro benzene ring substituents is 1. The fourth-order valence-corrected chi connectivity index (χ4v) is 2.51. The number of nitrogens with one attached hydrogen (secondary N) is 1. The Balaban J connectivity index is 1.91. The van der Waals surface area contributed by atoms with E-state index in [1.54, 1.807) is 6.07 Å². The molecule has 0 saturated carbocycles. The van der Waals surface area contributed by atoms with E-state index in [0.29, 0.717) is 5.13 Å². The molecule has 0 aliphatic heterocycles. The van der Waals surface area contributed by atoms with Crippen molar-refractivity contribution in [1.82, 2.24) is 10.2 Å². The van der Waals surface area contributed by atoms with Crippen LogP contribution in [-0.4, -0.2) is 27.6 Å². The summed E-state index contributed by atoms with van der Waals surface area (Å²) in [5.41, 5.74) is -0.184. The number of para-hydroxylation sites is 2. The highest BCUT2D eigenvalue weighted by atomic mass is 32.1. The molecule has 0 fully saturated rings. The molecule has 0 saturated heterocycles. The summed E-state index contributed by atoms with van der Waals surface area (Å²) < 4.78 is 5.19. The lowest BCUT2D eigenvalue weighted by Gasteiger charge is -2.05. The highest BCUT2D eigenvalue weighted by Crippen LogP contribution is 2.25. The molecule has 1 heterocycles. The lowest BCUT2D eigenvalue weighted by Crippen LogP contribution is -2.20. The number of carbonyl (C=O) groups is 1. The Hall–Kier alpha value is -2.55. The average molecular weight is 322 g/mol. The molecule has 8 nitrogen and oxygen atoms in total. The Morgan fingerprint density at radius 1 is 1.41 bits per heavy atom. The second-order valence-corrected chi connectivity index (χ2v) is 5.37. The van der Waals surface area contributed by atoms with Gasteiger partial charge >= 0.3 is 5.69 Å². The molecule has 1 amide bonds. The maximum atomic E-state index is 11.8. The van der Waals surface area contributed by atoms with E-state index >= 15 is 0 Å². The van der Waals surface area contributed by atoms with Crippen LogP contribution in [0.2, 0.25) is 0 Å². The van der Waals surface area contributed by atoms with Crippen molar-refractivity contribution in [2.24, 2.45) is 0 Å². The topological polar surface area (TPSA) is 107 Å². The van der Waals surface area contributed by atoms with Crippen LogP contribution < -0.4 is 10.1 Å². The van der Waals surface area contributed by atoms with Crippen molar-refractivity contribution in [3.8, 4) is 5.75 Å². The number of benzene rings is 1. The number of hydrogen-bond donors (Lipinski definition) is 1. The number of ether oxygens (including phenoxy) is 1. The van der Waals surface area contributed by atoms with E-state index in [4.69, 9.17) is 4.74 Å². The zero-order valence-corrected chi connectivity index (χ0v) is 12.6. The second kappa shape index (κ2) is 7.46. The van der Waals surface area contributed by atoms with Crippen LogP contribution in [0, 0.1) is 10.1 Å². The average Bonchev–Trinajstić information content (AvgIpc) is 2.93. The van der Waals surface area contributed by atoms with Crippen LogP contribution in [0.5, 0.6) is 5.75 Å². The first-order valence-corrected chi connectivity index (χ1v) is 7.40. The minimum absolute atomic E-state index is 0.0478. The number of hydrogen-bond acceptors (Lipinski definition) is 7. The minimum Gasteiger partial charge on any atom is -0.477 e. The molecule has 22 heavy (non-hydrogen) atoms. The summed E-state index contributed by atoms with van der Waals surface area (Å²) >= 11 is 1.30. The summed E-state index contributed by atoms with van der Waals surface area (Å²) in [5.74, 6) is -0.399. The molecule has 1 aromatic heterocycles. The monoisotopic (exact) mass is 322 g/mol. The zero-order valence-electron chi connectivity index (χ0n) is 11.8. The van der Waals surface area contributed by atoms with Crippen LogP contribution in [0.15, 0.2) is 24.3 Å². The SMILES string of the molecule is CCCc1nnc(NC(=O)COc2ccccc2[N+](=O)[O-])s1. The van der Waals surface area contributed by atoms with Crippen LogP contribution >= 0.6 is 11.3 Å². The summed E-state index contributed by atoms with van der Waals surface area (Å²) in [7, 11) is 0. The predicted molar refractivity (Wildman–Crippen MR) is 81.1 cm³/mol. The number of nitro groups is 1. The molecule has 1 aromatic carbocycles. The van der Waals surface area contributed by atoms with Gasteiger partial charge in [0.1, 0.15) is 5.01 Å². The quantitative estimate of drug-likeness (QED) is 0.619. The molecule has 0 aliphatic rings. The molecule has 2 aromatic rings. The first-order chi connectivity index (χ1) is 10.6. The molecule has 116 valence electrons. The van der Waals surface area contributed by atoms with Gasteiger partial charge in [-0.2, -0.15) is 0 Å². The van der Waals surface area contributed by atoms with Gasteiger partial charge in [0.15, 0.2) is 12.4 Å². The van der Waals surface area contributed by atoms with Crippen LogP contribution in [0.4, 0.5) is 10.8 Å². The smallest absolute Gasteiger partial charge is 0.310 e. The van der Waals surface area contributed by atoms with Gasteiger partial charge in [-0.1, -0.05) is 30.4 Å². The summed E-state index contributed by atoms with van der Waals surface area (Å²) in [6, 6.07) is 5.88. The number of rotatable bonds is 7. The molecule has 9 heteroatoms. The van der Waals surface area contributed by atoms with Crippen LogP contribution in [0.1, 0.15) is 18.4 Å². The van der Waals surface area contributed by atoms with E-state index in [9.17, 15) is 14.9 Å². The Labute approximate surface area is 130 Å². The van der Waals surface area contributed by atoms with Crippen LogP contribution in [0.25, 0.3) is 0 Å². The highest BCUT2D eigenvalue weighted by molar-refractivity contribution is 7.15. The van der Waals surface area contributed by atoms with E-state index < -0.39 is 10.8 Å². The Bertz CT molecular complexity index is 674. The van der Waals surface area contributed by atoms with E-state index in [1.807, 2.05) is 6.92 Å². The number of aryl methyl sites for hydroxylation is 1. The molecule has 0 radical (unpaired) electrons. The molecule has 0 spiro atoms. The van der Waals surface area contributed by atoms with Crippen molar-refractivity contribution in [2.45, 2.75) is 19.8 Å². The van der Waals surface area contributed by atoms with Crippen molar-refractivity contribution in [3.63, 3.8) is 0 Å². The molecule has 1 N–H and O–H groups in total. The largest absolute Gasteiger partial charge is 0.477 e. The molecule has 0 aliphatic carbocycles. The number of amides is 1. The number of aromatic nitrogens is 2. The molecular weight excluding hydrogens is 308 g/mol. The van der Waals surface area contributed by atoms with E-state index in [2.05, 4.69) is 15.5 Å². The van der Waals surface area contributed by atoms with Gasteiger partial charge in [0, 0.05) is 12.5 Å². The predicted octanol–water partition coefficient (Wildman–Crippen LogP) is 2.42. The molecule has 0 bridgehead atoms. The van der Waals surface area contributed by atoms with Gasteiger partial charge in [0.25, 0.3) is 5.91 Å². The Morgan fingerprint density at radius 3 is 2.91 bits per heavy atom. The second-order valence-electron chi connectivity index (χ2n) is 4.31. The zero-order chi connectivity index (χ0) is 15.9. The third-order valence-electron chi connectivity index (χ3n) is 2.60. The lowest BCUT2D eigenvalue weighted by molar-refractivity contribution is -0.385. The van der Waals surface area contributed by atoms with Gasteiger partial charge in [-0.25, -0.2) is 0 Å². The number of nitrogens with zero attached hydrogens (tertiary/aromatic N) is 3. The molecule has 0 unspecified atom stereocenters. The maximum absolute atomic E-state index is 11.8. The van der Waals surface area contributed by atoms with Gasteiger partial charge < -0.3 is 4.74 Å². The fraction of sp³-hybridized carbons (Fsp3) is 0.308. The van der Waals surface area contributed by atoms with Crippen LogP contribution in [-0.2, 0) is 11.2 Å². The normalized spacial score (nSPS) is 10.2. The number of carbonyl (C=O) groups excluding carboxylic acids is 1. The first kappa shape index (κ1) is 15.8. The maximum Gasteiger partial charge on any atom is 0.310 e. The minimum atomic E-state index is -0.561. The van der Waals surface area contributed by atoms with E-state index in [1.165, 1.54) is 29.5 Å². The summed E-state index contributed by atoms with van der Waals surface area (Å²) in [4.78, 5) is 22.0. The van der Waals surface area contributed by atoms with Gasteiger partial charge in [0.05, 0.1) is 4.92 Å². The van der Waals surface area contributed by atoms with Crippen molar-refractivity contribution < 1.29 is 14.5 Å². The van der Waals surface area contributed by atoms with Gasteiger partial charge in [-0.3, -0.25) is 20.2 Å². The summed E-state index contributed by atoms with van der Waals surface area (Å²) in [5, 5.41) is 22.4. The molecule has 0 atom stereocenters. The van der Waals surface area contributed by atoms with Gasteiger partial charge in [0.2, 0.25) is 5.13 Å². The Morgan fingerprint density at radius 2 is 2.18 bits per heavy atom. The number of anilines is 1. The third-order valence-corrected chi connectivity index (χ3v) is 3.50. The van der Waals surface area contributed by atoms with E-state index in [0.717, 1.165) is 17.8 Å². The standard InChI is InChI=1S/C13H14N4O4S/c1-2-5-12-15-16-13(22-12)14-11(18)8-21-10-7-4-3-6-9(10)17(19)20/h3-4,6-7H,2,5,8H2,1H3,(H,14,16,18). The molecular formula is C13H14N4O4S. The van der Waals surface area contributed by atoms with Crippen molar-refractivity contribution >= 4 is 28.1 Å². The van der Waals surface area contributed by atoms with Crippen LogP contribution in [0.3, 0.4) is 0 Å². The fourth-order valence-electron chi connectivity index (χ4n) is 1.65.